The van der Waals surface area contributed by atoms with Crippen molar-refractivity contribution < 1.29 is 9.47 Å². The lowest BCUT2D eigenvalue weighted by atomic mass is 9.91. The molecule has 6 rings (SSSR count). The van der Waals surface area contributed by atoms with Gasteiger partial charge in [-0.2, -0.15) is 0 Å². The Morgan fingerprint density at radius 3 is 1.38 bits per heavy atom. The van der Waals surface area contributed by atoms with Crippen LogP contribution < -0.4 is 9.47 Å². The molecule has 2 heteroatoms. The summed E-state index contributed by atoms with van der Waals surface area (Å²) in [7, 11) is 0. The lowest BCUT2D eigenvalue weighted by molar-refractivity contribution is 0.322. The highest BCUT2D eigenvalue weighted by molar-refractivity contribution is 5.93. The predicted molar refractivity (Wildman–Crippen MR) is 133 cm³/mol. The van der Waals surface area contributed by atoms with E-state index in [9.17, 15) is 0 Å². The van der Waals surface area contributed by atoms with Crippen LogP contribution in [0.2, 0.25) is 0 Å². The lowest BCUT2D eigenvalue weighted by Crippen LogP contribution is -2.06. The van der Waals surface area contributed by atoms with Crippen LogP contribution in [0, 0.1) is 0 Å². The van der Waals surface area contributed by atoms with E-state index in [-0.39, 0.29) is 0 Å². The average Bonchev–Trinajstić information content (AvgIpc) is 2.76. The number of rotatable bonds is 8. The second-order valence-corrected chi connectivity index (χ2v) is 8.31. The van der Waals surface area contributed by atoms with Gasteiger partial charge in [-0.3, -0.25) is 0 Å². The Hall–Kier alpha value is -3.78. The highest BCUT2D eigenvalue weighted by Gasteiger charge is 2.12. The molecule has 2 aliphatic carbocycles. The molecule has 0 saturated carbocycles. The maximum Gasteiger partial charge on any atom is 0.127 e. The smallest absolute Gasteiger partial charge is 0.127 e. The van der Waals surface area contributed by atoms with Crippen LogP contribution >= 0.6 is 0 Å². The fraction of sp³-hybridized carbons (Fsp3) is 0.133. The molecule has 0 N–H and O–H groups in total. The monoisotopic (exact) mass is 416 g/mol. The number of hydrogen-bond donors (Lipinski definition) is 0. The van der Waals surface area contributed by atoms with Gasteiger partial charge in [-0.25, -0.2) is 0 Å². The number of hydrogen-bond acceptors (Lipinski definition) is 2. The SMILES string of the molecule is C1=Cc2c1cccc2CCOc1cccc2c(OCCc3cccc4c3C=C4)cccc12. The van der Waals surface area contributed by atoms with E-state index in [0.29, 0.717) is 13.2 Å². The maximum absolute atomic E-state index is 6.22. The molecule has 2 aliphatic rings. The van der Waals surface area contributed by atoms with Gasteiger partial charge in [-0.05, 0) is 45.5 Å². The molecule has 4 aromatic carbocycles. The molecule has 4 aromatic rings. The Labute approximate surface area is 188 Å². The Morgan fingerprint density at radius 2 is 0.938 bits per heavy atom. The molecule has 0 bridgehead atoms. The Bertz CT molecular complexity index is 1270. The van der Waals surface area contributed by atoms with Crippen molar-refractivity contribution >= 4 is 35.1 Å². The zero-order chi connectivity index (χ0) is 21.3. The van der Waals surface area contributed by atoms with Crippen molar-refractivity contribution in [3.8, 4) is 11.5 Å². The van der Waals surface area contributed by atoms with Gasteiger partial charge in [0.15, 0.2) is 0 Å². The van der Waals surface area contributed by atoms with Gasteiger partial charge in [-0.1, -0.05) is 85.0 Å². The van der Waals surface area contributed by atoms with Crippen LogP contribution in [0.15, 0.2) is 72.8 Å². The fourth-order valence-corrected chi connectivity index (χ4v) is 4.60. The molecular weight excluding hydrogens is 392 g/mol. The van der Waals surface area contributed by atoms with Gasteiger partial charge in [0.05, 0.1) is 13.2 Å². The highest BCUT2D eigenvalue weighted by Crippen LogP contribution is 2.33. The van der Waals surface area contributed by atoms with Crippen LogP contribution in [0.25, 0.3) is 35.1 Å². The minimum Gasteiger partial charge on any atom is -0.493 e. The van der Waals surface area contributed by atoms with E-state index in [1.165, 1.54) is 33.4 Å². The van der Waals surface area contributed by atoms with E-state index in [1.54, 1.807) is 0 Å². The molecule has 0 fully saturated rings. The summed E-state index contributed by atoms with van der Waals surface area (Å²) in [4.78, 5) is 0. The summed E-state index contributed by atoms with van der Waals surface area (Å²) in [5.41, 5.74) is 8.06. The van der Waals surface area contributed by atoms with Crippen molar-refractivity contribution in [2.24, 2.45) is 0 Å². The standard InChI is InChI=1S/C30H24O2/c1-5-21-13-15-25(21)23(7-1)17-19-31-29-11-3-10-28-27(29)9-4-12-30(28)32-20-18-24-8-2-6-22-14-16-26(22)24/h1-16H,17-20H2. The van der Waals surface area contributed by atoms with Crippen LogP contribution in [0.5, 0.6) is 11.5 Å². The van der Waals surface area contributed by atoms with Crippen molar-refractivity contribution in [3.05, 3.63) is 106 Å². The molecular formula is C30H24O2. The van der Waals surface area contributed by atoms with Crippen LogP contribution in [-0.4, -0.2) is 13.2 Å². The largest absolute Gasteiger partial charge is 0.493 e. The molecule has 0 saturated heterocycles. The Morgan fingerprint density at radius 1 is 0.469 bits per heavy atom. The van der Waals surface area contributed by atoms with Gasteiger partial charge >= 0.3 is 0 Å². The molecule has 156 valence electrons. The molecule has 2 nitrogen and oxygen atoms in total. The van der Waals surface area contributed by atoms with E-state index in [4.69, 9.17) is 9.47 Å². The van der Waals surface area contributed by atoms with Gasteiger partial charge < -0.3 is 9.47 Å². The summed E-state index contributed by atoms with van der Waals surface area (Å²) in [6.07, 6.45) is 10.5. The lowest BCUT2D eigenvalue weighted by Gasteiger charge is -2.17. The van der Waals surface area contributed by atoms with Crippen molar-refractivity contribution in [1.82, 2.24) is 0 Å². The first-order valence-electron chi connectivity index (χ1n) is 11.2. The summed E-state index contributed by atoms with van der Waals surface area (Å²) in [6.45, 7) is 1.31. The molecule has 0 unspecified atom stereocenters. The summed E-state index contributed by atoms with van der Waals surface area (Å²) in [5, 5.41) is 2.19. The zero-order valence-electron chi connectivity index (χ0n) is 17.9. The Kier molecular flexibility index (Phi) is 4.77. The molecule has 32 heavy (non-hydrogen) atoms. The molecule has 0 heterocycles. The molecule has 0 amide bonds. The van der Waals surface area contributed by atoms with Crippen LogP contribution in [0.4, 0.5) is 0 Å². The number of ether oxygens (including phenoxy) is 2. The summed E-state index contributed by atoms with van der Waals surface area (Å²) >= 11 is 0. The van der Waals surface area contributed by atoms with E-state index in [0.717, 1.165) is 35.1 Å². The highest BCUT2D eigenvalue weighted by atomic mass is 16.5. The van der Waals surface area contributed by atoms with Crippen molar-refractivity contribution in [1.29, 1.82) is 0 Å². The quantitative estimate of drug-likeness (QED) is 0.265. The summed E-state index contributed by atoms with van der Waals surface area (Å²) in [6, 6.07) is 25.4. The minimum absolute atomic E-state index is 0.654. The average molecular weight is 417 g/mol. The third kappa shape index (κ3) is 3.38. The van der Waals surface area contributed by atoms with Crippen LogP contribution in [0.1, 0.15) is 33.4 Å². The van der Waals surface area contributed by atoms with Gasteiger partial charge in [0.2, 0.25) is 0 Å². The van der Waals surface area contributed by atoms with Crippen molar-refractivity contribution in [2.45, 2.75) is 12.8 Å². The van der Waals surface area contributed by atoms with E-state index in [2.05, 4.69) is 72.8 Å². The summed E-state index contributed by atoms with van der Waals surface area (Å²) < 4.78 is 12.4. The van der Waals surface area contributed by atoms with E-state index >= 15 is 0 Å². The van der Waals surface area contributed by atoms with Gasteiger partial charge in [0, 0.05) is 23.6 Å². The molecule has 0 aromatic heterocycles. The van der Waals surface area contributed by atoms with Crippen LogP contribution in [0.3, 0.4) is 0 Å². The second-order valence-electron chi connectivity index (χ2n) is 8.31. The normalized spacial score (nSPS) is 12.6. The second kappa shape index (κ2) is 8.05. The first-order valence-corrected chi connectivity index (χ1v) is 11.2. The third-order valence-corrected chi connectivity index (χ3v) is 6.42. The maximum atomic E-state index is 6.22. The summed E-state index contributed by atoms with van der Waals surface area (Å²) in [5.74, 6) is 1.82. The van der Waals surface area contributed by atoms with E-state index in [1.807, 2.05) is 24.3 Å². The molecule has 0 aliphatic heterocycles. The van der Waals surface area contributed by atoms with Crippen molar-refractivity contribution in [3.63, 3.8) is 0 Å². The third-order valence-electron chi connectivity index (χ3n) is 6.42. The van der Waals surface area contributed by atoms with Crippen molar-refractivity contribution in [2.75, 3.05) is 13.2 Å². The van der Waals surface area contributed by atoms with Gasteiger partial charge in [0.1, 0.15) is 11.5 Å². The van der Waals surface area contributed by atoms with Crippen LogP contribution in [-0.2, 0) is 12.8 Å². The molecule has 0 spiro atoms. The number of fused-ring (bicyclic) bond motifs is 3. The predicted octanol–water partition coefficient (Wildman–Crippen LogP) is 7.05. The first-order chi connectivity index (χ1) is 15.9. The topological polar surface area (TPSA) is 18.5 Å². The molecule has 0 radical (unpaired) electrons. The Balaban J connectivity index is 1.14. The first kappa shape index (κ1) is 18.9. The number of benzene rings is 4. The van der Waals surface area contributed by atoms with E-state index < -0.39 is 0 Å². The fourth-order valence-electron chi connectivity index (χ4n) is 4.60. The van der Waals surface area contributed by atoms with Gasteiger partial charge in [-0.15, -0.1) is 0 Å². The zero-order valence-corrected chi connectivity index (χ0v) is 17.9. The molecule has 0 atom stereocenters. The minimum atomic E-state index is 0.654. The van der Waals surface area contributed by atoms with Gasteiger partial charge in [0.25, 0.3) is 0 Å².